The predicted molar refractivity (Wildman–Crippen MR) is 102 cm³/mol. The van der Waals surface area contributed by atoms with Crippen LogP contribution in [0, 0.1) is 17.3 Å². The number of carboxylic acids is 1. The molecule has 0 heterocycles. The molecule has 0 aromatic carbocycles. The van der Waals surface area contributed by atoms with Gasteiger partial charge in [-0.3, -0.25) is 4.79 Å². The van der Waals surface area contributed by atoms with Crippen LogP contribution in [0.1, 0.15) is 65.7 Å². The van der Waals surface area contributed by atoms with Crippen LogP contribution in [-0.2, 0) is 14.3 Å². The number of carboxylic acid groups (broad SMARTS) is 1. The average molecular weight is 366 g/mol. The van der Waals surface area contributed by atoms with E-state index in [1.54, 1.807) is 0 Å². The average Bonchev–Trinajstić information content (AvgIpc) is 2.87. The molecule has 5 heteroatoms. The predicted octanol–water partition coefficient (Wildman–Crippen LogP) is 4.11. The Kier molecular flexibility index (Phi) is 9.81. The van der Waals surface area contributed by atoms with E-state index >= 15 is 0 Å². The molecule has 1 aliphatic carbocycles. The van der Waals surface area contributed by atoms with E-state index in [4.69, 9.17) is 14.9 Å². The third-order valence-electron chi connectivity index (χ3n) is 5.30. The van der Waals surface area contributed by atoms with Gasteiger partial charge in [-0.2, -0.15) is 0 Å². The number of hydrogen-bond acceptors (Lipinski definition) is 4. The van der Waals surface area contributed by atoms with Crippen LogP contribution in [0.15, 0.2) is 24.3 Å². The summed E-state index contributed by atoms with van der Waals surface area (Å²) in [5, 5.41) is 17.6. The van der Waals surface area contributed by atoms with Gasteiger partial charge in [0.2, 0.25) is 0 Å². The lowest BCUT2D eigenvalue weighted by Gasteiger charge is -2.28. The van der Waals surface area contributed by atoms with Gasteiger partial charge in [-0.25, -0.2) is 4.79 Å². The first-order chi connectivity index (χ1) is 12.3. The topological polar surface area (TPSA) is 83.8 Å². The highest BCUT2D eigenvalue weighted by molar-refractivity contribution is 5.87. The first kappa shape index (κ1) is 22.6. The molecule has 0 aliphatic heterocycles. The minimum atomic E-state index is -1.77. The quantitative estimate of drug-likeness (QED) is 0.308. The standard InChI is InChI=1S/C21H34O5/c1-4-5-6-9-16(2)10-11-17-12-13-18(22)21(17,3)14-7-8-15-26-20(25)19(23)24/h5-6,10-11,16-17,20,25H,4,7-9,12-15H2,1-3H3,(H,23,24)/t16?,17-,20?,21+/m0/s1. The number of allylic oxidation sites excluding steroid dienone is 4. The third-order valence-corrected chi connectivity index (χ3v) is 5.30. The van der Waals surface area contributed by atoms with Gasteiger partial charge in [0.25, 0.3) is 6.29 Å². The van der Waals surface area contributed by atoms with Gasteiger partial charge in [-0.15, -0.1) is 0 Å². The van der Waals surface area contributed by atoms with Crippen LogP contribution in [0.25, 0.3) is 0 Å². The minimum Gasteiger partial charge on any atom is -0.477 e. The number of aliphatic hydroxyl groups excluding tert-OH is 1. The van der Waals surface area contributed by atoms with Crippen molar-refractivity contribution in [1.29, 1.82) is 0 Å². The molecule has 0 saturated heterocycles. The largest absolute Gasteiger partial charge is 0.477 e. The molecular weight excluding hydrogens is 332 g/mol. The van der Waals surface area contributed by atoms with E-state index in [1.165, 1.54) is 0 Å². The number of rotatable bonds is 12. The van der Waals surface area contributed by atoms with Gasteiger partial charge in [0, 0.05) is 11.8 Å². The third kappa shape index (κ3) is 7.04. The molecule has 1 fully saturated rings. The summed E-state index contributed by atoms with van der Waals surface area (Å²) in [6.07, 6.45) is 12.8. The Bertz CT molecular complexity index is 511. The molecule has 26 heavy (non-hydrogen) atoms. The molecular formula is C21H34O5. The molecule has 5 nitrogen and oxygen atoms in total. The van der Waals surface area contributed by atoms with Gasteiger partial charge in [-0.05, 0) is 43.9 Å². The summed E-state index contributed by atoms with van der Waals surface area (Å²) >= 11 is 0. The number of aliphatic carboxylic acids is 1. The van der Waals surface area contributed by atoms with E-state index in [9.17, 15) is 9.59 Å². The molecule has 1 saturated carbocycles. The van der Waals surface area contributed by atoms with Crippen LogP contribution in [-0.4, -0.2) is 34.9 Å². The zero-order valence-corrected chi connectivity index (χ0v) is 16.3. The monoisotopic (exact) mass is 366 g/mol. The normalized spacial score (nSPS) is 26.0. The molecule has 0 aromatic rings. The number of ether oxygens (including phenoxy) is 1. The lowest BCUT2D eigenvalue weighted by molar-refractivity contribution is -0.176. The van der Waals surface area contributed by atoms with Crippen LogP contribution in [0.4, 0.5) is 0 Å². The number of hydrogen-bond donors (Lipinski definition) is 2. The summed E-state index contributed by atoms with van der Waals surface area (Å²) < 4.78 is 4.83. The van der Waals surface area contributed by atoms with Gasteiger partial charge < -0.3 is 14.9 Å². The Morgan fingerprint density at radius 2 is 2.12 bits per heavy atom. The van der Waals surface area contributed by atoms with Gasteiger partial charge in [0.1, 0.15) is 5.78 Å². The number of ketones is 1. The van der Waals surface area contributed by atoms with Gasteiger partial charge in [0.15, 0.2) is 0 Å². The van der Waals surface area contributed by atoms with Gasteiger partial charge in [0.05, 0.1) is 6.61 Å². The van der Waals surface area contributed by atoms with E-state index < -0.39 is 12.3 Å². The number of carbonyl (C=O) groups is 2. The van der Waals surface area contributed by atoms with Crippen molar-refractivity contribution in [3.63, 3.8) is 0 Å². The summed E-state index contributed by atoms with van der Waals surface area (Å²) in [6.45, 7) is 6.54. The van der Waals surface area contributed by atoms with Crippen molar-refractivity contribution in [1.82, 2.24) is 0 Å². The molecule has 1 aliphatic rings. The maximum absolute atomic E-state index is 12.4. The lowest BCUT2D eigenvalue weighted by atomic mass is 9.74. The fourth-order valence-corrected chi connectivity index (χ4v) is 3.47. The Morgan fingerprint density at radius 1 is 1.38 bits per heavy atom. The molecule has 0 spiro atoms. The van der Waals surface area contributed by atoms with E-state index in [-0.39, 0.29) is 17.9 Å². The van der Waals surface area contributed by atoms with Gasteiger partial charge >= 0.3 is 5.97 Å². The molecule has 2 N–H and O–H groups in total. The maximum Gasteiger partial charge on any atom is 0.360 e. The second kappa shape index (κ2) is 11.3. The number of carbonyl (C=O) groups excluding carboxylic acids is 1. The number of aliphatic hydroxyl groups is 1. The maximum atomic E-state index is 12.4. The van der Waals surface area contributed by atoms with Crippen LogP contribution in [0.5, 0.6) is 0 Å². The van der Waals surface area contributed by atoms with Crippen molar-refractivity contribution < 1.29 is 24.5 Å². The SMILES string of the molecule is CCC=CCC(C)C=C[C@H]1CCC(=O)[C@]1(C)CCCCOC(O)C(=O)O. The van der Waals surface area contributed by atoms with E-state index in [0.717, 1.165) is 32.1 Å². The fraction of sp³-hybridized carbons (Fsp3) is 0.714. The Morgan fingerprint density at radius 3 is 2.77 bits per heavy atom. The van der Waals surface area contributed by atoms with Crippen LogP contribution < -0.4 is 0 Å². The summed E-state index contributed by atoms with van der Waals surface area (Å²) in [5.41, 5.74) is -0.346. The molecule has 0 amide bonds. The second-order valence-corrected chi connectivity index (χ2v) is 7.48. The fourth-order valence-electron chi connectivity index (χ4n) is 3.47. The smallest absolute Gasteiger partial charge is 0.360 e. The van der Waals surface area contributed by atoms with Crippen LogP contribution in [0.2, 0.25) is 0 Å². The van der Waals surface area contributed by atoms with Crippen molar-refractivity contribution in [2.75, 3.05) is 6.61 Å². The van der Waals surface area contributed by atoms with E-state index in [1.807, 2.05) is 6.92 Å². The van der Waals surface area contributed by atoms with Crippen molar-refractivity contribution in [2.24, 2.45) is 17.3 Å². The summed E-state index contributed by atoms with van der Waals surface area (Å²) in [7, 11) is 0. The highest BCUT2D eigenvalue weighted by Gasteiger charge is 2.43. The first-order valence-corrected chi connectivity index (χ1v) is 9.70. The molecule has 0 aromatic heterocycles. The van der Waals surface area contributed by atoms with E-state index in [2.05, 4.69) is 38.2 Å². The Balaban J connectivity index is 2.48. The molecule has 1 rings (SSSR count). The summed E-state index contributed by atoms with van der Waals surface area (Å²) in [5.74, 6) is -0.338. The second-order valence-electron chi connectivity index (χ2n) is 7.48. The van der Waals surface area contributed by atoms with Crippen LogP contribution in [0.3, 0.4) is 0 Å². The molecule has 4 atom stereocenters. The summed E-state index contributed by atoms with van der Waals surface area (Å²) in [4.78, 5) is 22.9. The molecule has 0 radical (unpaired) electrons. The minimum absolute atomic E-state index is 0.180. The van der Waals surface area contributed by atoms with Crippen LogP contribution >= 0.6 is 0 Å². The lowest BCUT2D eigenvalue weighted by Crippen LogP contribution is -2.28. The van der Waals surface area contributed by atoms with E-state index in [0.29, 0.717) is 24.5 Å². The first-order valence-electron chi connectivity index (χ1n) is 9.70. The number of unbranched alkanes of at least 4 members (excludes halogenated alkanes) is 1. The van der Waals surface area contributed by atoms with Crippen molar-refractivity contribution in [2.45, 2.75) is 72.0 Å². The van der Waals surface area contributed by atoms with Gasteiger partial charge in [-0.1, -0.05) is 51.5 Å². The zero-order valence-electron chi connectivity index (χ0n) is 16.3. The summed E-state index contributed by atoms with van der Waals surface area (Å²) in [6, 6.07) is 0. The Labute approximate surface area is 157 Å². The highest BCUT2D eigenvalue weighted by Crippen LogP contribution is 2.45. The number of Topliss-reactive ketones (excluding diaryl/α,β-unsaturated/α-hetero) is 1. The molecule has 0 bridgehead atoms. The highest BCUT2D eigenvalue weighted by atomic mass is 16.6. The molecule has 2 unspecified atom stereocenters. The Hall–Kier alpha value is -1.46. The van der Waals surface area contributed by atoms with Crippen molar-refractivity contribution >= 4 is 11.8 Å². The molecule has 148 valence electrons. The zero-order chi connectivity index (χ0) is 19.6. The van der Waals surface area contributed by atoms with Crippen molar-refractivity contribution in [3.8, 4) is 0 Å². The van der Waals surface area contributed by atoms with Crippen molar-refractivity contribution in [3.05, 3.63) is 24.3 Å².